The number of ether oxygens (including phenoxy) is 2. The second-order valence-electron chi connectivity index (χ2n) is 5.58. The number of hydrogen-bond donors (Lipinski definition) is 2. The van der Waals surface area contributed by atoms with Crippen LogP contribution in [-0.4, -0.2) is 43.3 Å². The third kappa shape index (κ3) is 9.37. The molecule has 0 spiro atoms. The van der Waals surface area contributed by atoms with Crippen LogP contribution in [0.25, 0.3) is 0 Å². The Bertz CT molecular complexity index is 387. The highest BCUT2D eigenvalue weighted by molar-refractivity contribution is 5.89. The average Bonchev–Trinajstić information content (AvgIpc) is 2.54. The first-order chi connectivity index (χ1) is 11.5. The summed E-state index contributed by atoms with van der Waals surface area (Å²) in [5.74, 6) is -0.819. The molecular weight excluding hydrogens is 312 g/mol. The van der Waals surface area contributed by atoms with Crippen LogP contribution in [0.4, 0.5) is 4.79 Å². The molecule has 0 saturated heterocycles. The highest BCUT2D eigenvalue weighted by atomic mass is 16.5. The number of unbranched alkanes of at least 4 members (excludes halogenated alkanes) is 1. The van der Waals surface area contributed by atoms with E-state index in [0.717, 1.165) is 19.3 Å². The lowest BCUT2D eigenvalue weighted by Gasteiger charge is -2.22. The molecule has 0 aromatic heterocycles. The standard InChI is InChI=1S/C17H32N2O5/c1-5-9-12-24-16(21)14(11-7-3)18-15(20)13(10-6-2)19-17(22)23-8-4/h13-14H,5-12H2,1-4H3,(H,18,20)(H,19,22). The van der Waals surface area contributed by atoms with Crippen molar-refractivity contribution in [3.05, 3.63) is 0 Å². The Hall–Kier alpha value is -1.79. The molecule has 140 valence electrons. The summed E-state index contributed by atoms with van der Waals surface area (Å²) >= 11 is 0. The molecule has 2 N–H and O–H groups in total. The fourth-order valence-corrected chi connectivity index (χ4v) is 2.10. The third-order valence-electron chi connectivity index (χ3n) is 3.38. The topological polar surface area (TPSA) is 93.7 Å². The minimum Gasteiger partial charge on any atom is -0.464 e. The first-order valence-electron chi connectivity index (χ1n) is 8.90. The Labute approximate surface area is 144 Å². The van der Waals surface area contributed by atoms with Crippen LogP contribution in [0, 0.1) is 0 Å². The van der Waals surface area contributed by atoms with Gasteiger partial charge in [-0.05, 0) is 26.2 Å². The lowest BCUT2D eigenvalue weighted by molar-refractivity contribution is -0.148. The molecule has 0 aliphatic rings. The van der Waals surface area contributed by atoms with E-state index >= 15 is 0 Å². The van der Waals surface area contributed by atoms with Crippen molar-refractivity contribution in [2.75, 3.05) is 13.2 Å². The second-order valence-corrected chi connectivity index (χ2v) is 5.58. The number of carbonyl (C=O) groups excluding carboxylic acids is 3. The maximum absolute atomic E-state index is 12.4. The molecule has 2 amide bonds. The van der Waals surface area contributed by atoms with Gasteiger partial charge in [-0.15, -0.1) is 0 Å². The van der Waals surface area contributed by atoms with E-state index in [1.54, 1.807) is 6.92 Å². The second kappa shape index (κ2) is 13.6. The summed E-state index contributed by atoms with van der Waals surface area (Å²) in [6.45, 7) is 8.13. The van der Waals surface area contributed by atoms with Crippen LogP contribution in [0.3, 0.4) is 0 Å². The van der Waals surface area contributed by atoms with Gasteiger partial charge < -0.3 is 20.1 Å². The summed E-state index contributed by atoms with van der Waals surface area (Å²) in [6.07, 6.45) is 3.50. The molecule has 2 unspecified atom stereocenters. The van der Waals surface area contributed by atoms with E-state index in [9.17, 15) is 14.4 Å². The number of amides is 2. The van der Waals surface area contributed by atoms with Crippen molar-refractivity contribution in [3.8, 4) is 0 Å². The number of hydrogen-bond acceptors (Lipinski definition) is 5. The predicted molar refractivity (Wildman–Crippen MR) is 91.6 cm³/mol. The SMILES string of the molecule is CCCCOC(=O)C(CCC)NC(=O)C(CCC)NC(=O)OCC. The first kappa shape index (κ1) is 22.2. The van der Waals surface area contributed by atoms with Gasteiger partial charge in [0.05, 0.1) is 13.2 Å². The third-order valence-corrected chi connectivity index (χ3v) is 3.38. The van der Waals surface area contributed by atoms with Crippen molar-refractivity contribution >= 4 is 18.0 Å². The quantitative estimate of drug-likeness (QED) is 0.419. The fraction of sp³-hybridized carbons (Fsp3) is 0.824. The Morgan fingerprint density at radius 1 is 0.833 bits per heavy atom. The van der Waals surface area contributed by atoms with E-state index < -0.39 is 30.1 Å². The number of rotatable bonds is 12. The molecule has 0 radical (unpaired) electrons. The van der Waals surface area contributed by atoms with Gasteiger partial charge in [-0.25, -0.2) is 9.59 Å². The summed E-state index contributed by atoms with van der Waals surface area (Å²) in [4.78, 5) is 36.1. The Morgan fingerprint density at radius 3 is 2.00 bits per heavy atom. The van der Waals surface area contributed by atoms with Gasteiger partial charge in [-0.3, -0.25) is 4.79 Å². The maximum Gasteiger partial charge on any atom is 0.407 e. The molecule has 7 nitrogen and oxygen atoms in total. The number of nitrogens with one attached hydrogen (secondary N) is 2. The van der Waals surface area contributed by atoms with Gasteiger partial charge in [0, 0.05) is 0 Å². The van der Waals surface area contributed by atoms with Crippen LogP contribution in [0.5, 0.6) is 0 Å². The summed E-state index contributed by atoms with van der Waals surface area (Å²) in [6, 6.07) is -1.42. The van der Waals surface area contributed by atoms with Crippen LogP contribution in [0.15, 0.2) is 0 Å². The van der Waals surface area contributed by atoms with Crippen LogP contribution in [0.1, 0.15) is 66.2 Å². The molecule has 0 aliphatic carbocycles. The minimum absolute atomic E-state index is 0.231. The van der Waals surface area contributed by atoms with E-state index in [1.807, 2.05) is 20.8 Å². The number of alkyl carbamates (subject to hydrolysis) is 1. The zero-order chi connectivity index (χ0) is 18.4. The van der Waals surface area contributed by atoms with Gasteiger partial charge in [-0.1, -0.05) is 40.0 Å². The smallest absolute Gasteiger partial charge is 0.407 e. The molecule has 2 atom stereocenters. The highest BCUT2D eigenvalue weighted by Gasteiger charge is 2.26. The minimum atomic E-state index is -0.725. The summed E-state index contributed by atoms with van der Waals surface area (Å²) in [5, 5.41) is 5.23. The molecule has 0 aromatic carbocycles. The van der Waals surface area contributed by atoms with E-state index in [0.29, 0.717) is 25.9 Å². The van der Waals surface area contributed by atoms with Crippen LogP contribution in [0.2, 0.25) is 0 Å². The van der Waals surface area contributed by atoms with E-state index in [-0.39, 0.29) is 6.61 Å². The molecule has 0 bridgehead atoms. The zero-order valence-electron chi connectivity index (χ0n) is 15.4. The highest BCUT2D eigenvalue weighted by Crippen LogP contribution is 2.04. The van der Waals surface area contributed by atoms with Gasteiger partial charge in [0.2, 0.25) is 5.91 Å². The lowest BCUT2D eigenvalue weighted by atomic mass is 10.1. The number of esters is 1. The lowest BCUT2D eigenvalue weighted by Crippen LogP contribution is -2.52. The van der Waals surface area contributed by atoms with Crippen LogP contribution < -0.4 is 10.6 Å². The summed E-state index contributed by atoms with van der Waals surface area (Å²) in [5.41, 5.74) is 0. The van der Waals surface area contributed by atoms with Crippen molar-refractivity contribution in [3.63, 3.8) is 0 Å². The van der Waals surface area contributed by atoms with Crippen molar-refractivity contribution < 1.29 is 23.9 Å². The summed E-state index contributed by atoms with van der Waals surface area (Å²) in [7, 11) is 0. The maximum atomic E-state index is 12.4. The van der Waals surface area contributed by atoms with Gasteiger partial charge >= 0.3 is 12.1 Å². The van der Waals surface area contributed by atoms with Gasteiger partial charge in [-0.2, -0.15) is 0 Å². The first-order valence-corrected chi connectivity index (χ1v) is 8.90. The molecule has 0 heterocycles. The molecule has 0 fully saturated rings. The fourth-order valence-electron chi connectivity index (χ4n) is 2.10. The van der Waals surface area contributed by atoms with Gasteiger partial charge in [0.25, 0.3) is 0 Å². The zero-order valence-corrected chi connectivity index (χ0v) is 15.4. The van der Waals surface area contributed by atoms with Crippen LogP contribution in [-0.2, 0) is 19.1 Å². The normalized spacial score (nSPS) is 12.8. The molecule has 0 saturated carbocycles. The van der Waals surface area contributed by atoms with Crippen molar-refractivity contribution in [1.29, 1.82) is 0 Å². The van der Waals surface area contributed by atoms with Crippen LogP contribution >= 0.6 is 0 Å². The van der Waals surface area contributed by atoms with E-state index in [4.69, 9.17) is 9.47 Å². The van der Waals surface area contributed by atoms with E-state index in [2.05, 4.69) is 10.6 Å². The van der Waals surface area contributed by atoms with E-state index in [1.165, 1.54) is 0 Å². The molecular formula is C17H32N2O5. The molecule has 0 aliphatic heterocycles. The van der Waals surface area contributed by atoms with Gasteiger partial charge in [0.1, 0.15) is 12.1 Å². The Morgan fingerprint density at radius 2 is 1.46 bits per heavy atom. The molecule has 7 heteroatoms. The van der Waals surface area contributed by atoms with Gasteiger partial charge in [0.15, 0.2) is 0 Å². The Kier molecular flexibility index (Phi) is 12.6. The summed E-state index contributed by atoms with van der Waals surface area (Å²) < 4.78 is 10.0. The van der Waals surface area contributed by atoms with Crippen molar-refractivity contribution in [1.82, 2.24) is 10.6 Å². The average molecular weight is 344 g/mol. The number of carbonyl (C=O) groups is 3. The van der Waals surface area contributed by atoms with Crippen molar-refractivity contribution in [2.45, 2.75) is 78.3 Å². The molecule has 0 aromatic rings. The molecule has 24 heavy (non-hydrogen) atoms. The largest absolute Gasteiger partial charge is 0.464 e. The van der Waals surface area contributed by atoms with Crippen molar-refractivity contribution in [2.24, 2.45) is 0 Å². The Balaban J connectivity index is 4.72. The molecule has 0 rings (SSSR count). The predicted octanol–water partition coefficient (Wildman–Crippen LogP) is 2.53. The monoisotopic (exact) mass is 344 g/mol.